The molecule has 30 heavy (non-hydrogen) atoms. The molecule has 6 nitrogen and oxygen atoms in total. The molecule has 1 fully saturated rings. The van der Waals surface area contributed by atoms with Crippen LogP contribution in [0, 0.1) is 18.8 Å². The van der Waals surface area contributed by atoms with Crippen LogP contribution in [0.2, 0.25) is 0 Å². The van der Waals surface area contributed by atoms with Gasteiger partial charge in [0.1, 0.15) is 6.04 Å². The zero-order valence-corrected chi connectivity index (χ0v) is 19.1. The van der Waals surface area contributed by atoms with E-state index in [-0.39, 0.29) is 17.7 Å². The highest BCUT2D eigenvalue weighted by molar-refractivity contribution is 7.13. The Balaban J connectivity index is 1.60. The lowest BCUT2D eigenvalue weighted by Gasteiger charge is -2.30. The molecule has 1 saturated heterocycles. The first-order chi connectivity index (χ1) is 14.3. The van der Waals surface area contributed by atoms with Crippen molar-refractivity contribution in [2.45, 2.75) is 53.1 Å². The van der Waals surface area contributed by atoms with Crippen LogP contribution < -0.4 is 10.6 Å². The van der Waals surface area contributed by atoms with E-state index in [4.69, 9.17) is 0 Å². The summed E-state index contributed by atoms with van der Waals surface area (Å²) in [6.07, 6.45) is 2.52. The van der Waals surface area contributed by atoms with Crippen LogP contribution in [0.1, 0.15) is 55.2 Å². The first-order valence-electron chi connectivity index (χ1n) is 10.7. The van der Waals surface area contributed by atoms with Crippen LogP contribution in [0.3, 0.4) is 0 Å². The monoisotopic (exact) mass is 428 g/mol. The Morgan fingerprint density at radius 1 is 1.33 bits per heavy atom. The second-order valence-corrected chi connectivity index (χ2v) is 9.54. The average Bonchev–Trinajstić information content (AvgIpc) is 3.12. The van der Waals surface area contributed by atoms with Gasteiger partial charge in [-0.05, 0) is 50.3 Å². The minimum absolute atomic E-state index is 0.0481. The molecular weight excluding hydrogens is 396 g/mol. The number of carbonyl (C=O) groups is 2. The molecule has 1 aliphatic heterocycles. The van der Waals surface area contributed by atoms with Gasteiger partial charge in [0, 0.05) is 24.0 Å². The number of likely N-dealkylation sites (tertiary alicyclic amines) is 1. The maximum atomic E-state index is 12.9. The molecule has 0 saturated carbocycles. The van der Waals surface area contributed by atoms with E-state index < -0.39 is 6.04 Å². The van der Waals surface area contributed by atoms with Gasteiger partial charge in [-0.25, -0.2) is 4.98 Å². The molecule has 2 amide bonds. The van der Waals surface area contributed by atoms with Crippen molar-refractivity contribution in [1.29, 1.82) is 0 Å². The number of benzene rings is 1. The SMILES string of the molecule is Cc1cccc(C(=O)N[C@H](C(=O)Nc2nc(CN3CCCC(C)C3)cs2)C(C)C)c1. The van der Waals surface area contributed by atoms with Gasteiger partial charge < -0.3 is 10.6 Å². The van der Waals surface area contributed by atoms with Gasteiger partial charge in [0.2, 0.25) is 5.91 Å². The fourth-order valence-electron chi connectivity index (χ4n) is 3.83. The number of carbonyl (C=O) groups excluding carboxylic acids is 2. The number of hydrogen-bond acceptors (Lipinski definition) is 5. The molecule has 2 aromatic rings. The predicted molar refractivity (Wildman–Crippen MR) is 122 cm³/mol. The molecule has 0 aliphatic carbocycles. The largest absolute Gasteiger partial charge is 0.340 e. The summed E-state index contributed by atoms with van der Waals surface area (Å²) in [4.78, 5) is 32.5. The fourth-order valence-corrected chi connectivity index (χ4v) is 4.53. The molecule has 7 heteroatoms. The summed E-state index contributed by atoms with van der Waals surface area (Å²) in [5.41, 5.74) is 2.54. The molecule has 162 valence electrons. The smallest absolute Gasteiger partial charge is 0.251 e. The van der Waals surface area contributed by atoms with Gasteiger partial charge in [0.05, 0.1) is 5.69 Å². The van der Waals surface area contributed by atoms with E-state index in [2.05, 4.69) is 27.4 Å². The van der Waals surface area contributed by atoms with Crippen molar-refractivity contribution >= 4 is 28.3 Å². The van der Waals surface area contributed by atoms with E-state index in [9.17, 15) is 9.59 Å². The molecule has 2 heterocycles. The first-order valence-corrected chi connectivity index (χ1v) is 11.5. The standard InChI is InChI=1S/C23H32N4O2S/c1-15(2)20(25-21(28)18-9-5-7-16(3)11-18)22(29)26-23-24-19(14-30-23)13-27-10-6-8-17(4)12-27/h5,7,9,11,14-15,17,20H,6,8,10,12-13H2,1-4H3,(H,25,28)(H,24,26,29)/t17?,20-/m0/s1. The number of nitrogens with zero attached hydrogens (tertiary/aromatic N) is 2. The summed E-state index contributed by atoms with van der Waals surface area (Å²) >= 11 is 1.43. The van der Waals surface area contributed by atoms with E-state index in [0.717, 1.165) is 36.8 Å². The van der Waals surface area contributed by atoms with Gasteiger partial charge in [-0.15, -0.1) is 11.3 Å². The maximum absolute atomic E-state index is 12.9. The van der Waals surface area contributed by atoms with Crippen LogP contribution in [0.15, 0.2) is 29.6 Å². The summed E-state index contributed by atoms with van der Waals surface area (Å²) in [7, 11) is 0. The van der Waals surface area contributed by atoms with Gasteiger partial charge >= 0.3 is 0 Å². The minimum atomic E-state index is -0.631. The second-order valence-electron chi connectivity index (χ2n) is 8.68. The number of piperidine rings is 1. The molecular formula is C23H32N4O2S. The quantitative estimate of drug-likeness (QED) is 0.697. The van der Waals surface area contributed by atoms with Gasteiger partial charge in [-0.2, -0.15) is 0 Å². The summed E-state index contributed by atoms with van der Waals surface area (Å²) in [6.45, 7) is 11.1. The highest BCUT2D eigenvalue weighted by Gasteiger charge is 2.26. The van der Waals surface area contributed by atoms with Crippen LogP contribution in [-0.2, 0) is 11.3 Å². The number of amides is 2. The van der Waals surface area contributed by atoms with Crippen LogP contribution in [-0.4, -0.2) is 40.8 Å². The molecule has 1 aromatic carbocycles. The predicted octanol–water partition coefficient (Wildman–Crippen LogP) is 4.08. The molecule has 1 unspecified atom stereocenters. The van der Waals surface area contributed by atoms with Crippen molar-refractivity contribution in [3.8, 4) is 0 Å². The average molecular weight is 429 g/mol. The van der Waals surface area contributed by atoms with Gasteiger partial charge in [-0.1, -0.05) is 38.5 Å². The van der Waals surface area contributed by atoms with Gasteiger partial charge in [-0.3, -0.25) is 14.5 Å². The number of rotatable bonds is 7. The van der Waals surface area contributed by atoms with Crippen LogP contribution in [0.5, 0.6) is 0 Å². The Morgan fingerprint density at radius 3 is 2.83 bits per heavy atom. The number of nitrogens with one attached hydrogen (secondary N) is 2. The van der Waals surface area contributed by atoms with Crippen LogP contribution in [0.25, 0.3) is 0 Å². The third-order valence-electron chi connectivity index (χ3n) is 5.42. The number of anilines is 1. The van der Waals surface area contributed by atoms with Crippen LogP contribution in [0.4, 0.5) is 5.13 Å². The Morgan fingerprint density at radius 2 is 2.13 bits per heavy atom. The molecule has 2 atom stereocenters. The lowest BCUT2D eigenvalue weighted by atomic mass is 10.0. The van der Waals surface area contributed by atoms with Crippen molar-refractivity contribution in [2.75, 3.05) is 18.4 Å². The summed E-state index contributed by atoms with van der Waals surface area (Å²) < 4.78 is 0. The minimum Gasteiger partial charge on any atom is -0.340 e. The first kappa shape index (κ1) is 22.4. The highest BCUT2D eigenvalue weighted by atomic mass is 32.1. The Bertz CT molecular complexity index is 880. The zero-order chi connectivity index (χ0) is 21.7. The summed E-state index contributed by atoms with van der Waals surface area (Å²) in [5.74, 6) is 0.193. The van der Waals surface area contributed by atoms with Crippen molar-refractivity contribution in [3.05, 3.63) is 46.5 Å². The Labute approximate surface area is 183 Å². The second kappa shape index (κ2) is 10.2. The maximum Gasteiger partial charge on any atom is 0.251 e. The normalized spacial score (nSPS) is 18.2. The molecule has 1 aliphatic rings. The van der Waals surface area contributed by atoms with Crippen LogP contribution >= 0.6 is 11.3 Å². The van der Waals surface area contributed by atoms with Gasteiger partial charge in [0.25, 0.3) is 5.91 Å². The van der Waals surface area contributed by atoms with E-state index in [0.29, 0.717) is 10.7 Å². The van der Waals surface area contributed by atoms with Gasteiger partial charge in [0.15, 0.2) is 5.13 Å². The lowest BCUT2D eigenvalue weighted by Crippen LogP contribution is -2.47. The Hall–Kier alpha value is -2.25. The summed E-state index contributed by atoms with van der Waals surface area (Å²) in [6, 6.07) is 6.72. The number of aromatic nitrogens is 1. The van der Waals surface area contributed by atoms with Crippen molar-refractivity contribution in [2.24, 2.45) is 11.8 Å². The molecule has 3 rings (SSSR count). The van der Waals surface area contributed by atoms with Crippen molar-refractivity contribution in [1.82, 2.24) is 15.2 Å². The van der Waals surface area contributed by atoms with E-state index in [1.54, 1.807) is 6.07 Å². The molecule has 2 N–H and O–H groups in total. The Kier molecular flexibility index (Phi) is 7.61. The third-order valence-corrected chi connectivity index (χ3v) is 6.23. The molecule has 0 radical (unpaired) electrons. The number of thiazole rings is 1. The van der Waals surface area contributed by atoms with Crippen molar-refractivity contribution in [3.63, 3.8) is 0 Å². The lowest BCUT2D eigenvalue weighted by molar-refractivity contribution is -0.118. The fraction of sp³-hybridized carbons (Fsp3) is 0.522. The molecule has 0 spiro atoms. The van der Waals surface area contributed by atoms with E-state index >= 15 is 0 Å². The molecule has 1 aromatic heterocycles. The third kappa shape index (κ3) is 6.12. The number of aryl methyl sites for hydroxylation is 1. The van der Waals surface area contributed by atoms with E-state index in [1.165, 1.54) is 24.2 Å². The molecule has 0 bridgehead atoms. The van der Waals surface area contributed by atoms with E-state index in [1.807, 2.05) is 44.4 Å². The number of hydrogen-bond donors (Lipinski definition) is 2. The van der Waals surface area contributed by atoms with Crippen molar-refractivity contribution < 1.29 is 9.59 Å². The zero-order valence-electron chi connectivity index (χ0n) is 18.3. The summed E-state index contributed by atoms with van der Waals surface area (Å²) in [5, 5.41) is 8.35. The highest BCUT2D eigenvalue weighted by Crippen LogP contribution is 2.21. The topological polar surface area (TPSA) is 74.3 Å².